The second kappa shape index (κ2) is 5.08. The van der Waals surface area contributed by atoms with Gasteiger partial charge in [-0.25, -0.2) is 4.39 Å². The molecule has 0 spiro atoms. The molecule has 1 aromatic carbocycles. The highest BCUT2D eigenvalue weighted by atomic mass is 19.4. The van der Waals surface area contributed by atoms with Crippen LogP contribution < -0.4 is 5.32 Å². The Morgan fingerprint density at radius 1 is 1.42 bits per heavy atom. The molecule has 0 aliphatic rings. The van der Waals surface area contributed by atoms with E-state index in [4.69, 9.17) is 0 Å². The third-order valence-electron chi connectivity index (χ3n) is 1.97. The molecule has 1 aromatic rings. The molecule has 104 valence electrons. The van der Waals surface area contributed by atoms with Crippen LogP contribution in [0.1, 0.15) is 0 Å². The summed E-state index contributed by atoms with van der Waals surface area (Å²) < 4.78 is 48.3. The first kappa shape index (κ1) is 14.7. The SMILES string of the molecule is O=C(Nc1ccc([N+](=O)[O-])cc1O)C(F)C(F)(F)F. The first-order chi connectivity index (χ1) is 8.62. The van der Waals surface area contributed by atoms with Gasteiger partial charge in [-0.3, -0.25) is 14.9 Å². The average Bonchev–Trinajstić information content (AvgIpc) is 2.29. The van der Waals surface area contributed by atoms with Crippen LogP contribution >= 0.6 is 0 Å². The van der Waals surface area contributed by atoms with Crippen molar-refractivity contribution in [1.29, 1.82) is 0 Å². The van der Waals surface area contributed by atoms with Gasteiger partial charge in [0.2, 0.25) is 0 Å². The van der Waals surface area contributed by atoms with E-state index in [1.54, 1.807) is 0 Å². The maximum absolute atomic E-state index is 12.6. The molecule has 0 aliphatic heterocycles. The lowest BCUT2D eigenvalue weighted by Gasteiger charge is -2.12. The number of hydrogen-bond acceptors (Lipinski definition) is 4. The number of nitro groups is 1. The van der Waals surface area contributed by atoms with Crippen molar-refractivity contribution in [2.45, 2.75) is 12.3 Å². The minimum atomic E-state index is -5.37. The topological polar surface area (TPSA) is 92.5 Å². The summed E-state index contributed by atoms with van der Waals surface area (Å²) in [5, 5.41) is 21.1. The molecule has 0 aromatic heterocycles. The van der Waals surface area contributed by atoms with E-state index in [1.165, 1.54) is 5.32 Å². The minimum Gasteiger partial charge on any atom is -0.506 e. The number of anilines is 1. The first-order valence-electron chi connectivity index (χ1n) is 4.62. The molecule has 1 atom stereocenters. The summed E-state index contributed by atoms with van der Waals surface area (Å²) in [6.45, 7) is 0. The van der Waals surface area contributed by atoms with E-state index in [0.29, 0.717) is 6.07 Å². The molecular formula is C9H6F4N2O4. The van der Waals surface area contributed by atoms with Crippen LogP contribution in [0.15, 0.2) is 18.2 Å². The lowest BCUT2D eigenvalue weighted by molar-refractivity contribution is -0.384. The Morgan fingerprint density at radius 3 is 2.42 bits per heavy atom. The maximum atomic E-state index is 12.6. The maximum Gasteiger partial charge on any atom is 0.428 e. The van der Waals surface area contributed by atoms with E-state index in [1.807, 2.05) is 0 Å². The lowest BCUT2D eigenvalue weighted by atomic mass is 10.2. The highest BCUT2D eigenvalue weighted by Gasteiger charge is 2.45. The van der Waals surface area contributed by atoms with Gasteiger partial charge in [0.25, 0.3) is 17.8 Å². The van der Waals surface area contributed by atoms with Gasteiger partial charge < -0.3 is 10.4 Å². The van der Waals surface area contributed by atoms with E-state index in [0.717, 1.165) is 12.1 Å². The molecule has 0 radical (unpaired) electrons. The number of non-ortho nitro benzene ring substituents is 1. The van der Waals surface area contributed by atoms with Gasteiger partial charge in [0.15, 0.2) is 0 Å². The van der Waals surface area contributed by atoms with Gasteiger partial charge in [-0.05, 0) is 6.07 Å². The molecule has 0 saturated carbocycles. The number of phenolic OH excluding ortho intramolecular Hbond substituents is 1. The van der Waals surface area contributed by atoms with Gasteiger partial charge in [-0.15, -0.1) is 0 Å². The average molecular weight is 282 g/mol. The smallest absolute Gasteiger partial charge is 0.428 e. The van der Waals surface area contributed by atoms with E-state index in [2.05, 4.69) is 0 Å². The van der Waals surface area contributed by atoms with E-state index < -0.39 is 40.3 Å². The highest BCUT2D eigenvalue weighted by molar-refractivity contribution is 5.96. The second-order valence-corrected chi connectivity index (χ2v) is 3.35. The molecule has 10 heteroatoms. The molecule has 0 heterocycles. The number of carbonyl (C=O) groups is 1. The van der Waals surface area contributed by atoms with Gasteiger partial charge in [0.1, 0.15) is 5.75 Å². The van der Waals surface area contributed by atoms with Crippen LogP contribution in [0.3, 0.4) is 0 Å². The Bertz CT molecular complexity index is 517. The Balaban J connectivity index is 2.89. The summed E-state index contributed by atoms with van der Waals surface area (Å²) in [7, 11) is 0. The minimum absolute atomic E-state index is 0.539. The molecule has 2 N–H and O–H groups in total. The fraction of sp³-hybridized carbons (Fsp3) is 0.222. The zero-order chi connectivity index (χ0) is 14.8. The zero-order valence-electron chi connectivity index (χ0n) is 8.94. The van der Waals surface area contributed by atoms with Crippen molar-refractivity contribution < 1.29 is 32.4 Å². The molecule has 0 fully saturated rings. The predicted octanol–water partition coefficient (Wildman–Crippen LogP) is 2.14. The van der Waals surface area contributed by atoms with Gasteiger partial charge in [0.05, 0.1) is 16.7 Å². The molecular weight excluding hydrogens is 276 g/mol. The van der Waals surface area contributed by atoms with E-state index >= 15 is 0 Å². The Morgan fingerprint density at radius 2 is 2.00 bits per heavy atom. The molecule has 1 amide bonds. The van der Waals surface area contributed by atoms with Crippen molar-refractivity contribution in [2.24, 2.45) is 0 Å². The second-order valence-electron chi connectivity index (χ2n) is 3.35. The van der Waals surface area contributed by atoms with Gasteiger partial charge >= 0.3 is 6.18 Å². The summed E-state index contributed by atoms with van der Waals surface area (Å²) in [5.74, 6) is -2.88. The van der Waals surface area contributed by atoms with Crippen molar-refractivity contribution in [3.05, 3.63) is 28.3 Å². The van der Waals surface area contributed by atoms with Crippen molar-refractivity contribution >= 4 is 17.3 Å². The molecule has 1 unspecified atom stereocenters. The molecule has 1 rings (SSSR count). The fourth-order valence-electron chi connectivity index (χ4n) is 1.08. The standard InChI is InChI=1S/C9H6F4N2O4/c10-7(9(11,12)13)8(17)14-5-2-1-4(15(18)19)3-6(5)16/h1-3,7,16H,(H,14,17). The van der Waals surface area contributed by atoms with Gasteiger partial charge in [-0.1, -0.05) is 0 Å². The largest absolute Gasteiger partial charge is 0.506 e. The van der Waals surface area contributed by atoms with Crippen molar-refractivity contribution in [1.82, 2.24) is 0 Å². The first-order valence-corrected chi connectivity index (χ1v) is 4.62. The lowest BCUT2D eigenvalue weighted by Crippen LogP contribution is -2.36. The van der Waals surface area contributed by atoms with Crippen molar-refractivity contribution in [3.8, 4) is 5.75 Å². The van der Waals surface area contributed by atoms with Crippen LogP contribution in [0.4, 0.5) is 28.9 Å². The molecule has 0 aliphatic carbocycles. The summed E-state index contributed by atoms with van der Waals surface area (Å²) in [4.78, 5) is 20.3. The fourth-order valence-corrected chi connectivity index (χ4v) is 1.08. The number of rotatable bonds is 3. The number of nitrogens with one attached hydrogen (secondary N) is 1. The summed E-state index contributed by atoms with van der Waals surface area (Å²) in [6.07, 6.45) is -9.14. The van der Waals surface area contributed by atoms with E-state index in [9.17, 15) is 37.6 Å². The predicted molar refractivity (Wildman–Crippen MR) is 54.3 cm³/mol. The summed E-state index contributed by atoms with van der Waals surface area (Å²) >= 11 is 0. The summed E-state index contributed by atoms with van der Waals surface area (Å²) in [5.41, 5.74) is -1.11. The number of halogens is 4. The summed E-state index contributed by atoms with van der Waals surface area (Å²) in [6, 6.07) is 2.22. The Labute approximate surface area is 102 Å². The number of carbonyl (C=O) groups excluding carboxylic acids is 1. The number of nitro benzene ring substituents is 1. The number of amides is 1. The van der Waals surface area contributed by atoms with Crippen LogP contribution in [0, 0.1) is 10.1 Å². The van der Waals surface area contributed by atoms with Crippen LogP contribution in [-0.4, -0.2) is 28.3 Å². The third-order valence-corrected chi connectivity index (χ3v) is 1.97. The quantitative estimate of drug-likeness (QED) is 0.384. The van der Waals surface area contributed by atoms with E-state index in [-0.39, 0.29) is 0 Å². The molecule has 6 nitrogen and oxygen atoms in total. The van der Waals surface area contributed by atoms with Crippen molar-refractivity contribution in [3.63, 3.8) is 0 Å². The number of aromatic hydroxyl groups is 1. The van der Waals surface area contributed by atoms with Crippen molar-refractivity contribution in [2.75, 3.05) is 5.32 Å². The Kier molecular flexibility index (Phi) is 3.92. The van der Waals surface area contributed by atoms with Crippen LogP contribution in [0.5, 0.6) is 5.75 Å². The van der Waals surface area contributed by atoms with Gasteiger partial charge in [-0.2, -0.15) is 13.2 Å². The number of hydrogen-bond donors (Lipinski definition) is 2. The Hall–Kier alpha value is -2.39. The van der Waals surface area contributed by atoms with Crippen LogP contribution in [0.25, 0.3) is 0 Å². The molecule has 19 heavy (non-hydrogen) atoms. The van der Waals surface area contributed by atoms with Crippen LogP contribution in [0.2, 0.25) is 0 Å². The van der Waals surface area contributed by atoms with Gasteiger partial charge in [0, 0.05) is 6.07 Å². The highest BCUT2D eigenvalue weighted by Crippen LogP contribution is 2.29. The number of phenols is 1. The zero-order valence-corrected chi connectivity index (χ0v) is 8.94. The third kappa shape index (κ3) is 3.53. The number of benzene rings is 1. The monoisotopic (exact) mass is 282 g/mol. The number of alkyl halides is 4. The van der Waals surface area contributed by atoms with Crippen LogP contribution in [-0.2, 0) is 4.79 Å². The molecule has 0 bridgehead atoms. The molecule has 0 saturated heterocycles. The number of nitrogens with zero attached hydrogens (tertiary/aromatic N) is 1. The normalized spacial score (nSPS) is 12.8.